The molecule has 0 spiro atoms. The second-order valence-electron chi connectivity index (χ2n) is 8.19. The number of hydrogen-bond donors (Lipinski definition) is 1. The van der Waals surface area contributed by atoms with Gasteiger partial charge in [0.1, 0.15) is 22.9 Å². The number of fused-ring (bicyclic) bond motifs is 2. The van der Waals surface area contributed by atoms with E-state index >= 15 is 0 Å². The van der Waals surface area contributed by atoms with Gasteiger partial charge in [-0.15, -0.1) is 0 Å². The SMILES string of the molecule is C=C(NC#N)N1CCn2nc(-c3cc(OCCc4ccc(F)cn4)c4c(Cl)cnn4c3)c(C)c2C1. The first kappa shape index (κ1) is 22.7. The summed E-state index contributed by atoms with van der Waals surface area (Å²) >= 11 is 6.39. The van der Waals surface area contributed by atoms with E-state index in [1.54, 1.807) is 16.8 Å². The van der Waals surface area contributed by atoms with Crippen molar-refractivity contribution in [2.24, 2.45) is 0 Å². The average molecular weight is 493 g/mol. The van der Waals surface area contributed by atoms with Crippen LogP contribution in [0.3, 0.4) is 0 Å². The molecule has 1 aliphatic rings. The van der Waals surface area contributed by atoms with Crippen LogP contribution in [0.15, 0.2) is 49.2 Å². The van der Waals surface area contributed by atoms with Crippen LogP contribution in [-0.2, 0) is 19.5 Å². The zero-order valence-corrected chi connectivity index (χ0v) is 19.8. The van der Waals surface area contributed by atoms with E-state index < -0.39 is 0 Å². The van der Waals surface area contributed by atoms with E-state index in [0.717, 1.165) is 28.2 Å². The Bertz CT molecular complexity index is 1450. The minimum absolute atomic E-state index is 0.334. The summed E-state index contributed by atoms with van der Waals surface area (Å²) in [4.78, 5) is 6.10. The highest BCUT2D eigenvalue weighted by Crippen LogP contribution is 2.34. The minimum Gasteiger partial charge on any atom is -0.491 e. The lowest BCUT2D eigenvalue weighted by atomic mass is 10.1. The quantitative estimate of drug-likeness (QED) is 0.310. The zero-order valence-electron chi connectivity index (χ0n) is 19.0. The number of hydrogen-bond acceptors (Lipinski definition) is 7. The summed E-state index contributed by atoms with van der Waals surface area (Å²) in [6.07, 6.45) is 7.08. The molecule has 0 radical (unpaired) electrons. The molecule has 0 unspecified atom stereocenters. The molecule has 0 bridgehead atoms. The average Bonchev–Trinajstić information content (AvgIpc) is 3.40. The van der Waals surface area contributed by atoms with Gasteiger partial charge < -0.3 is 9.64 Å². The van der Waals surface area contributed by atoms with Gasteiger partial charge in [0, 0.05) is 36.0 Å². The molecule has 11 heteroatoms. The smallest absolute Gasteiger partial charge is 0.182 e. The van der Waals surface area contributed by atoms with E-state index in [9.17, 15) is 4.39 Å². The largest absolute Gasteiger partial charge is 0.491 e. The Kier molecular flexibility index (Phi) is 6.01. The lowest BCUT2D eigenvalue weighted by molar-refractivity contribution is 0.257. The van der Waals surface area contributed by atoms with E-state index in [4.69, 9.17) is 26.7 Å². The molecule has 35 heavy (non-hydrogen) atoms. The molecule has 1 N–H and O–H groups in total. The lowest BCUT2D eigenvalue weighted by Gasteiger charge is -2.30. The van der Waals surface area contributed by atoms with E-state index in [0.29, 0.717) is 54.8 Å². The molecule has 0 saturated carbocycles. The second kappa shape index (κ2) is 9.27. The van der Waals surface area contributed by atoms with Crippen molar-refractivity contribution in [1.29, 1.82) is 5.26 Å². The number of nitrogens with zero attached hydrogens (tertiary/aromatic N) is 7. The van der Waals surface area contributed by atoms with Crippen LogP contribution in [0.25, 0.3) is 16.8 Å². The maximum Gasteiger partial charge on any atom is 0.182 e. The third-order valence-electron chi connectivity index (χ3n) is 6.03. The second-order valence-corrected chi connectivity index (χ2v) is 8.60. The fourth-order valence-corrected chi connectivity index (χ4v) is 4.43. The van der Waals surface area contributed by atoms with Crippen LogP contribution < -0.4 is 10.1 Å². The van der Waals surface area contributed by atoms with Gasteiger partial charge in [-0.2, -0.15) is 15.5 Å². The summed E-state index contributed by atoms with van der Waals surface area (Å²) in [6.45, 7) is 8.26. The number of pyridine rings is 2. The van der Waals surface area contributed by atoms with Gasteiger partial charge in [0.25, 0.3) is 0 Å². The Morgan fingerprint density at radius 2 is 2.20 bits per heavy atom. The lowest BCUT2D eigenvalue weighted by Crippen LogP contribution is -2.36. The zero-order chi connectivity index (χ0) is 24.5. The normalized spacial score (nSPS) is 12.9. The van der Waals surface area contributed by atoms with Gasteiger partial charge in [0.05, 0.1) is 48.5 Å². The summed E-state index contributed by atoms with van der Waals surface area (Å²) in [7, 11) is 0. The first-order valence-electron chi connectivity index (χ1n) is 11.0. The molecule has 9 nitrogen and oxygen atoms in total. The first-order chi connectivity index (χ1) is 16.9. The molecule has 4 aromatic rings. The number of rotatable bonds is 7. The molecular formula is C24H22ClFN8O. The maximum absolute atomic E-state index is 13.1. The maximum atomic E-state index is 13.1. The van der Waals surface area contributed by atoms with Crippen molar-refractivity contribution in [2.75, 3.05) is 13.2 Å². The van der Waals surface area contributed by atoms with Crippen molar-refractivity contribution in [3.63, 3.8) is 0 Å². The standard InChI is InChI=1S/C24H22ClFN8O/c1-15-21-13-32(16(2)29-14-27)6-7-33(21)31-23(15)17-9-22(24-20(25)11-30-34(24)12-17)35-8-5-19-4-3-18(26)10-28-19/h3-4,9-12,29H,2,5-8,13H2,1H3. The predicted molar refractivity (Wildman–Crippen MR) is 128 cm³/mol. The summed E-state index contributed by atoms with van der Waals surface area (Å²) < 4.78 is 22.9. The molecule has 5 rings (SSSR count). The van der Waals surface area contributed by atoms with Gasteiger partial charge in [-0.25, -0.2) is 8.91 Å². The number of aromatic nitrogens is 5. The van der Waals surface area contributed by atoms with Crippen LogP contribution in [0.1, 0.15) is 17.0 Å². The predicted octanol–water partition coefficient (Wildman–Crippen LogP) is 3.67. The fraction of sp³-hybridized carbons (Fsp3) is 0.250. The molecule has 0 fully saturated rings. The molecule has 0 saturated heterocycles. The van der Waals surface area contributed by atoms with Crippen molar-refractivity contribution >= 4 is 17.1 Å². The van der Waals surface area contributed by atoms with E-state index in [1.807, 2.05) is 35.0 Å². The van der Waals surface area contributed by atoms with Gasteiger partial charge in [0.15, 0.2) is 6.19 Å². The molecule has 5 heterocycles. The van der Waals surface area contributed by atoms with Gasteiger partial charge in [-0.05, 0) is 25.1 Å². The highest BCUT2D eigenvalue weighted by molar-refractivity contribution is 6.34. The van der Waals surface area contributed by atoms with Gasteiger partial charge >= 0.3 is 0 Å². The van der Waals surface area contributed by atoms with E-state index in [2.05, 4.69) is 22.0 Å². The van der Waals surface area contributed by atoms with Crippen LogP contribution in [0.4, 0.5) is 4.39 Å². The monoisotopic (exact) mass is 492 g/mol. The van der Waals surface area contributed by atoms with Crippen molar-refractivity contribution in [1.82, 2.24) is 34.6 Å². The molecule has 4 aromatic heterocycles. The fourth-order valence-electron chi connectivity index (χ4n) is 4.20. The Morgan fingerprint density at radius 3 is 2.97 bits per heavy atom. The molecule has 1 aliphatic heterocycles. The van der Waals surface area contributed by atoms with Crippen LogP contribution in [0.2, 0.25) is 5.02 Å². The molecule has 0 aliphatic carbocycles. The topological polar surface area (TPSA) is 96.3 Å². The summed E-state index contributed by atoms with van der Waals surface area (Å²) in [5.74, 6) is 0.771. The van der Waals surface area contributed by atoms with Crippen LogP contribution in [0, 0.1) is 24.2 Å². The molecule has 0 aromatic carbocycles. The minimum atomic E-state index is -0.373. The number of nitriles is 1. The molecular weight excluding hydrogens is 471 g/mol. The van der Waals surface area contributed by atoms with Crippen molar-refractivity contribution in [3.8, 4) is 23.2 Å². The summed E-state index contributed by atoms with van der Waals surface area (Å²) in [6, 6.07) is 4.93. The Balaban J connectivity index is 1.44. The third kappa shape index (κ3) is 4.38. The highest BCUT2D eigenvalue weighted by atomic mass is 35.5. The Morgan fingerprint density at radius 1 is 1.34 bits per heavy atom. The van der Waals surface area contributed by atoms with Gasteiger partial charge in [-0.1, -0.05) is 18.2 Å². The van der Waals surface area contributed by atoms with Crippen LogP contribution in [0.5, 0.6) is 5.75 Å². The number of ether oxygens (including phenoxy) is 1. The molecule has 0 atom stereocenters. The van der Waals surface area contributed by atoms with E-state index in [-0.39, 0.29) is 5.82 Å². The van der Waals surface area contributed by atoms with Crippen LogP contribution >= 0.6 is 11.6 Å². The summed E-state index contributed by atoms with van der Waals surface area (Å²) in [5, 5.41) is 21.2. The number of halogens is 2. The Hall–Kier alpha value is -4.10. The van der Waals surface area contributed by atoms with Crippen molar-refractivity contribution in [2.45, 2.75) is 26.4 Å². The molecule has 0 amide bonds. The molecule has 178 valence electrons. The summed E-state index contributed by atoms with van der Waals surface area (Å²) in [5.41, 5.74) is 5.13. The Labute approximate surface area is 206 Å². The van der Waals surface area contributed by atoms with E-state index in [1.165, 1.54) is 12.3 Å². The van der Waals surface area contributed by atoms with Crippen molar-refractivity contribution in [3.05, 3.63) is 77.0 Å². The highest BCUT2D eigenvalue weighted by Gasteiger charge is 2.24. The van der Waals surface area contributed by atoms with Gasteiger partial charge in [-0.3, -0.25) is 15.0 Å². The van der Waals surface area contributed by atoms with Crippen LogP contribution in [-0.4, -0.2) is 42.4 Å². The third-order valence-corrected chi connectivity index (χ3v) is 6.31. The van der Waals surface area contributed by atoms with Crippen molar-refractivity contribution < 1.29 is 9.13 Å². The van der Waals surface area contributed by atoms with Gasteiger partial charge in [0.2, 0.25) is 0 Å². The first-order valence-corrected chi connectivity index (χ1v) is 11.4. The number of nitrogens with one attached hydrogen (secondary N) is 1.